The monoisotopic (exact) mass is 179 g/mol. The van der Waals surface area contributed by atoms with Crippen LogP contribution in [0.15, 0.2) is 0 Å². The molecular formula is C7H11F2NO2. The number of halogens is 2. The lowest BCUT2D eigenvalue weighted by Crippen LogP contribution is -2.46. The van der Waals surface area contributed by atoms with Gasteiger partial charge in [0.25, 0.3) is 0 Å². The molecule has 0 aromatic heterocycles. The molecular weight excluding hydrogens is 168 g/mol. The van der Waals surface area contributed by atoms with Gasteiger partial charge in [0.1, 0.15) is 0 Å². The SMILES string of the molecule is O=C1CCC(CO)(CC(F)F)N1. The van der Waals surface area contributed by atoms with Gasteiger partial charge in [-0.2, -0.15) is 0 Å². The summed E-state index contributed by atoms with van der Waals surface area (Å²) in [6.07, 6.45) is -2.43. The lowest BCUT2D eigenvalue weighted by Gasteiger charge is -2.25. The molecule has 1 aliphatic rings. The summed E-state index contributed by atoms with van der Waals surface area (Å²) in [6, 6.07) is 0. The highest BCUT2D eigenvalue weighted by molar-refractivity contribution is 5.79. The number of rotatable bonds is 3. The number of nitrogens with one attached hydrogen (secondary N) is 1. The Kier molecular flexibility index (Phi) is 2.62. The van der Waals surface area contributed by atoms with Crippen LogP contribution in [-0.4, -0.2) is 29.6 Å². The Hall–Kier alpha value is -0.710. The molecule has 70 valence electrons. The van der Waals surface area contributed by atoms with Crippen molar-refractivity contribution >= 4 is 5.91 Å². The lowest BCUT2D eigenvalue weighted by atomic mass is 9.95. The van der Waals surface area contributed by atoms with Crippen LogP contribution >= 0.6 is 0 Å². The molecule has 1 amide bonds. The lowest BCUT2D eigenvalue weighted by molar-refractivity contribution is -0.120. The highest BCUT2D eigenvalue weighted by Gasteiger charge is 2.39. The first kappa shape index (κ1) is 9.38. The minimum atomic E-state index is -2.49. The fraction of sp³-hybridized carbons (Fsp3) is 0.857. The molecule has 1 saturated heterocycles. The van der Waals surface area contributed by atoms with Crippen molar-refractivity contribution in [1.82, 2.24) is 5.32 Å². The second kappa shape index (κ2) is 3.35. The van der Waals surface area contributed by atoms with Gasteiger partial charge in [-0.1, -0.05) is 0 Å². The minimum Gasteiger partial charge on any atom is -0.394 e. The van der Waals surface area contributed by atoms with Crippen LogP contribution in [0.4, 0.5) is 8.78 Å². The Morgan fingerprint density at radius 1 is 1.67 bits per heavy atom. The Balaban J connectivity index is 2.58. The van der Waals surface area contributed by atoms with Gasteiger partial charge < -0.3 is 10.4 Å². The first-order valence-corrected chi connectivity index (χ1v) is 3.78. The Morgan fingerprint density at radius 3 is 2.67 bits per heavy atom. The van der Waals surface area contributed by atoms with E-state index < -0.39 is 25.0 Å². The summed E-state index contributed by atoms with van der Waals surface area (Å²) in [5, 5.41) is 11.2. The fourth-order valence-electron chi connectivity index (χ4n) is 1.41. The normalized spacial score (nSPS) is 29.5. The first-order valence-electron chi connectivity index (χ1n) is 3.78. The van der Waals surface area contributed by atoms with Crippen molar-refractivity contribution in [3.05, 3.63) is 0 Å². The molecule has 3 nitrogen and oxygen atoms in total. The van der Waals surface area contributed by atoms with E-state index in [1.807, 2.05) is 0 Å². The van der Waals surface area contributed by atoms with E-state index in [-0.39, 0.29) is 12.3 Å². The molecule has 1 fully saturated rings. The largest absolute Gasteiger partial charge is 0.394 e. The zero-order valence-corrected chi connectivity index (χ0v) is 6.52. The molecule has 0 bridgehead atoms. The third-order valence-electron chi connectivity index (χ3n) is 2.08. The maximum absolute atomic E-state index is 12.0. The van der Waals surface area contributed by atoms with Crippen molar-refractivity contribution in [2.45, 2.75) is 31.2 Å². The predicted molar refractivity (Wildman–Crippen MR) is 37.8 cm³/mol. The van der Waals surface area contributed by atoms with Crippen LogP contribution in [0.3, 0.4) is 0 Å². The molecule has 5 heteroatoms. The molecule has 1 aliphatic heterocycles. The number of aliphatic hydroxyl groups is 1. The average molecular weight is 179 g/mol. The summed E-state index contributed by atoms with van der Waals surface area (Å²) in [6.45, 7) is -0.414. The van der Waals surface area contributed by atoms with Crippen LogP contribution in [-0.2, 0) is 4.79 Å². The molecule has 1 unspecified atom stereocenters. The van der Waals surface area contributed by atoms with E-state index in [1.165, 1.54) is 0 Å². The summed E-state index contributed by atoms with van der Waals surface area (Å²) in [7, 11) is 0. The van der Waals surface area contributed by atoms with Crippen molar-refractivity contribution in [3.63, 3.8) is 0 Å². The third kappa shape index (κ3) is 1.91. The first-order chi connectivity index (χ1) is 5.58. The van der Waals surface area contributed by atoms with Crippen molar-refractivity contribution in [2.24, 2.45) is 0 Å². The second-order valence-electron chi connectivity index (χ2n) is 3.08. The van der Waals surface area contributed by atoms with Gasteiger partial charge in [-0.3, -0.25) is 4.79 Å². The molecule has 2 N–H and O–H groups in total. The van der Waals surface area contributed by atoms with Crippen LogP contribution in [0.2, 0.25) is 0 Å². The smallest absolute Gasteiger partial charge is 0.241 e. The Bertz CT molecular complexity index is 186. The Morgan fingerprint density at radius 2 is 2.33 bits per heavy atom. The molecule has 0 radical (unpaired) electrons. The van der Waals surface area contributed by atoms with Gasteiger partial charge in [-0.15, -0.1) is 0 Å². The number of amides is 1. The van der Waals surface area contributed by atoms with Crippen LogP contribution in [0, 0.1) is 0 Å². The zero-order chi connectivity index (χ0) is 9.19. The fourth-order valence-corrected chi connectivity index (χ4v) is 1.41. The summed E-state index contributed by atoms with van der Waals surface area (Å²) in [5.74, 6) is -0.260. The second-order valence-corrected chi connectivity index (χ2v) is 3.08. The van der Waals surface area contributed by atoms with Gasteiger partial charge in [0.05, 0.1) is 12.1 Å². The van der Waals surface area contributed by atoms with Crippen LogP contribution in [0.25, 0.3) is 0 Å². The number of alkyl halides is 2. The minimum absolute atomic E-state index is 0.229. The van der Waals surface area contributed by atoms with E-state index in [0.717, 1.165) is 0 Å². The maximum Gasteiger partial charge on any atom is 0.241 e. The standard InChI is InChI=1S/C7H11F2NO2/c8-5(9)3-7(4-11)2-1-6(12)10-7/h5,11H,1-4H2,(H,10,12). The molecule has 0 spiro atoms. The van der Waals surface area contributed by atoms with E-state index in [9.17, 15) is 13.6 Å². The Labute approximate surface area is 68.8 Å². The quantitative estimate of drug-likeness (QED) is 0.653. The number of hydrogen-bond donors (Lipinski definition) is 2. The number of hydrogen-bond acceptors (Lipinski definition) is 2. The summed E-state index contributed by atoms with van der Waals surface area (Å²) < 4.78 is 24.0. The molecule has 1 heterocycles. The van der Waals surface area contributed by atoms with Gasteiger partial charge >= 0.3 is 0 Å². The molecule has 0 aromatic carbocycles. The molecule has 1 rings (SSSR count). The topological polar surface area (TPSA) is 49.3 Å². The third-order valence-corrected chi connectivity index (χ3v) is 2.08. The van der Waals surface area contributed by atoms with Crippen molar-refractivity contribution in [2.75, 3.05) is 6.61 Å². The molecule has 0 saturated carbocycles. The molecule has 0 aliphatic carbocycles. The molecule has 0 aromatic rings. The van der Waals surface area contributed by atoms with E-state index in [0.29, 0.717) is 6.42 Å². The maximum atomic E-state index is 12.0. The van der Waals surface area contributed by atoms with Crippen molar-refractivity contribution in [1.29, 1.82) is 0 Å². The van der Waals surface area contributed by atoms with Crippen LogP contribution in [0.5, 0.6) is 0 Å². The van der Waals surface area contributed by atoms with E-state index in [4.69, 9.17) is 5.11 Å². The summed E-state index contributed by atoms with van der Waals surface area (Å²) in [5.41, 5.74) is -1.06. The van der Waals surface area contributed by atoms with E-state index in [2.05, 4.69) is 5.32 Å². The number of carbonyl (C=O) groups is 1. The van der Waals surface area contributed by atoms with Gasteiger partial charge in [0.15, 0.2) is 0 Å². The summed E-state index contributed by atoms with van der Waals surface area (Å²) in [4.78, 5) is 10.7. The van der Waals surface area contributed by atoms with Gasteiger partial charge in [0.2, 0.25) is 12.3 Å². The van der Waals surface area contributed by atoms with Gasteiger partial charge in [-0.05, 0) is 6.42 Å². The van der Waals surface area contributed by atoms with E-state index in [1.54, 1.807) is 0 Å². The van der Waals surface area contributed by atoms with Crippen molar-refractivity contribution < 1.29 is 18.7 Å². The van der Waals surface area contributed by atoms with Gasteiger partial charge in [0, 0.05) is 12.8 Å². The number of aliphatic hydroxyl groups excluding tert-OH is 1. The van der Waals surface area contributed by atoms with Crippen LogP contribution < -0.4 is 5.32 Å². The summed E-state index contributed by atoms with van der Waals surface area (Å²) >= 11 is 0. The molecule has 1 atom stereocenters. The van der Waals surface area contributed by atoms with Gasteiger partial charge in [-0.25, -0.2) is 8.78 Å². The van der Waals surface area contributed by atoms with Crippen molar-refractivity contribution in [3.8, 4) is 0 Å². The van der Waals surface area contributed by atoms with Crippen LogP contribution in [0.1, 0.15) is 19.3 Å². The molecule has 12 heavy (non-hydrogen) atoms. The predicted octanol–water partition coefficient (Wildman–Crippen LogP) is 0.283. The highest BCUT2D eigenvalue weighted by atomic mass is 19.3. The zero-order valence-electron chi connectivity index (χ0n) is 6.52. The van der Waals surface area contributed by atoms with E-state index >= 15 is 0 Å². The highest BCUT2D eigenvalue weighted by Crippen LogP contribution is 2.26. The number of carbonyl (C=O) groups excluding carboxylic acids is 1. The average Bonchev–Trinajstić information content (AvgIpc) is 2.32.